The van der Waals surface area contributed by atoms with Crippen molar-refractivity contribution >= 4 is 46.7 Å². The second-order valence-corrected chi connectivity index (χ2v) is 3.66. The van der Waals surface area contributed by atoms with Gasteiger partial charge in [-0.15, -0.1) is 0 Å². The third kappa shape index (κ3) is 2.17. The lowest BCUT2D eigenvalue weighted by Crippen LogP contribution is -2.04. The van der Waals surface area contributed by atoms with Crippen molar-refractivity contribution in [3.63, 3.8) is 0 Å². The normalized spacial score (nSPS) is 10.1. The van der Waals surface area contributed by atoms with Crippen LogP contribution in [-0.4, -0.2) is 22.2 Å². The van der Waals surface area contributed by atoms with Gasteiger partial charge < -0.3 is 10.2 Å². The van der Waals surface area contributed by atoms with Crippen molar-refractivity contribution in [2.24, 2.45) is 0 Å². The highest BCUT2D eigenvalue weighted by atomic mass is 35.5. The average molecular weight is 269 g/mol. The Morgan fingerprint density at radius 1 is 0.867 bits per heavy atom. The Balaban J connectivity index is 3.59. The van der Waals surface area contributed by atoms with Gasteiger partial charge >= 0.3 is 11.9 Å². The minimum atomic E-state index is -1.37. The minimum Gasteiger partial charge on any atom is -0.478 e. The van der Waals surface area contributed by atoms with E-state index in [-0.39, 0.29) is 15.1 Å². The van der Waals surface area contributed by atoms with Gasteiger partial charge in [-0.3, -0.25) is 0 Å². The number of carbonyl (C=O) groups is 2. The van der Waals surface area contributed by atoms with E-state index in [0.29, 0.717) is 0 Å². The summed E-state index contributed by atoms with van der Waals surface area (Å²) in [5.74, 6) is -2.75. The quantitative estimate of drug-likeness (QED) is 0.809. The van der Waals surface area contributed by atoms with E-state index in [0.717, 1.165) is 6.07 Å². The van der Waals surface area contributed by atoms with E-state index >= 15 is 0 Å². The molecule has 1 rings (SSSR count). The van der Waals surface area contributed by atoms with E-state index in [1.165, 1.54) is 0 Å². The molecule has 0 saturated carbocycles. The van der Waals surface area contributed by atoms with E-state index in [2.05, 4.69) is 0 Å². The SMILES string of the molecule is O=C(O)c1cc(C(=O)O)c(Cl)c(Cl)c1Cl. The summed E-state index contributed by atoms with van der Waals surface area (Å²) in [7, 11) is 0. The highest BCUT2D eigenvalue weighted by Gasteiger charge is 2.21. The summed E-state index contributed by atoms with van der Waals surface area (Å²) in [6.45, 7) is 0. The van der Waals surface area contributed by atoms with Crippen LogP contribution in [0.5, 0.6) is 0 Å². The number of aromatic carboxylic acids is 2. The van der Waals surface area contributed by atoms with E-state index in [1.807, 2.05) is 0 Å². The Morgan fingerprint density at radius 2 is 1.20 bits per heavy atom. The van der Waals surface area contributed by atoms with Crippen molar-refractivity contribution in [2.45, 2.75) is 0 Å². The maximum absolute atomic E-state index is 10.7. The topological polar surface area (TPSA) is 74.6 Å². The zero-order valence-corrected chi connectivity index (χ0v) is 9.19. The first-order valence-corrected chi connectivity index (χ1v) is 4.63. The van der Waals surface area contributed by atoms with Crippen LogP contribution < -0.4 is 0 Å². The Bertz CT molecular complexity index is 417. The molecule has 0 aromatic heterocycles. The second kappa shape index (κ2) is 4.26. The minimum absolute atomic E-state index is 0.279. The highest BCUT2D eigenvalue weighted by Crippen LogP contribution is 2.35. The van der Waals surface area contributed by atoms with Crippen LogP contribution in [0.3, 0.4) is 0 Å². The van der Waals surface area contributed by atoms with Gasteiger partial charge in [-0.25, -0.2) is 9.59 Å². The molecule has 0 fully saturated rings. The van der Waals surface area contributed by atoms with Gasteiger partial charge in [0.2, 0.25) is 0 Å². The summed E-state index contributed by atoms with van der Waals surface area (Å²) in [6.07, 6.45) is 0. The highest BCUT2D eigenvalue weighted by molar-refractivity contribution is 6.50. The lowest BCUT2D eigenvalue weighted by atomic mass is 10.1. The number of halogens is 3. The van der Waals surface area contributed by atoms with Gasteiger partial charge in [0.15, 0.2) is 0 Å². The summed E-state index contributed by atoms with van der Waals surface area (Å²) < 4.78 is 0. The van der Waals surface area contributed by atoms with E-state index < -0.39 is 23.1 Å². The van der Waals surface area contributed by atoms with Crippen molar-refractivity contribution in [3.05, 3.63) is 32.3 Å². The summed E-state index contributed by atoms with van der Waals surface area (Å²) >= 11 is 16.7. The number of carboxylic acids is 2. The Morgan fingerprint density at radius 3 is 1.47 bits per heavy atom. The molecule has 0 saturated heterocycles. The fourth-order valence-corrected chi connectivity index (χ4v) is 1.63. The van der Waals surface area contributed by atoms with Crippen molar-refractivity contribution < 1.29 is 19.8 Å². The molecule has 0 radical (unpaired) electrons. The molecule has 0 aliphatic heterocycles. The van der Waals surface area contributed by atoms with Crippen molar-refractivity contribution in [1.82, 2.24) is 0 Å². The first kappa shape index (κ1) is 12.1. The number of rotatable bonds is 2. The van der Waals surface area contributed by atoms with Crippen LogP contribution in [0.4, 0.5) is 0 Å². The molecule has 0 spiro atoms. The predicted molar refractivity (Wildman–Crippen MR) is 55.4 cm³/mol. The molecule has 0 heterocycles. The smallest absolute Gasteiger partial charge is 0.337 e. The van der Waals surface area contributed by atoms with Crippen LogP contribution in [0.25, 0.3) is 0 Å². The standard InChI is InChI=1S/C8H3Cl3O4/c9-4-2(7(12)13)1-3(8(14)15)5(10)6(4)11/h1H,(H,12,13)(H,14,15). The Labute approximate surface area is 99.0 Å². The van der Waals surface area contributed by atoms with Gasteiger partial charge in [0, 0.05) is 0 Å². The molecule has 0 atom stereocenters. The number of carboxylic acid groups (broad SMARTS) is 2. The van der Waals surface area contributed by atoms with Gasteiger partial charge in [-0.2, -0.15) is 0 Å². The third-order valence-electron chi connectivity index (χ3n) is 1.61. The summed E-state index contributed by atoms with van der Waals surface area (Å²) in [6, 6.07) is 0.862. The monoisotopic (exact) mass is 268 g/mol. The molecule has 0 aliphatic rings. The fraction of sp³-hybridized carbons (Fsp3) is 0. The van der Waals surface area contributed by atoms with Crippen LogP contribution in [0.1, 0.15) is 20.7 Å². The average Bonchev–Trinajstić information content (AvgIpc) is 2.13. The molecule has 4 nitrogen and oxygen atoms in total. The molecular weight excluding hydrogens is 266 g/mol. The first-order chi connectivity index (χ1) is 6.86. The zero-order valence-electron chi connectivity index (χ0n) is 6.92. The molecule has 0 aliphatic carbocycles. The molecule has 0 bridgehead atoms. The molecule has 2 N–H and O–H groups in total. The molecule has 1 aromatic rings. The van der Waals surface area contributed by atoms with Crippen LogP contribution in [0.2, 0.25) is 15.1 Å². The third-order valence-corrected chi connectivity index (χ3v) is 2.96. The van der Waals surface area contributed by atoms with E-state index in [1.54, 1.807) is 0 Å². The van der Waals surface area contributed by atoms with Crippen molar-refractivity contribution in [3.8, 4) is 0 Å². The summed E-state index contributed by atoms with van der Waals surface area (Å²) in [5, 5.41) is 16.6. The maximum atomic E-state index is 10.7. The molecule has 0 unspecified atom stereocenters. The predicted octanol–water partition coefficient (Wildman–Crippen LogP) is 3.04. The molecule has 7 heteroatoms. The van der Waals surface area contributed by atoms with Crippen molar-refractivity contribution in [2.75, 3.05) is 0 Å². The van der Waals surface area contributed by atoms with Gasteiger partial charge in [0.1, 0.15) is 0 Å². The van der Waals surface area contributed by atoms with Gasteiger partial charge in [0.05, 0.1) is 26.2 Å². The fourth-order valence-electron chi connectivity index (χ4n) is 0.915. The van der Waals surface area contributed by atoms with E-state index in [9.17, 15) is 9.59 Å². The van der Waals surface area contributed by atoms with Crippen LogP contribution in [0.15, 0.2) is 6.07 Å². The largest absolute Gasteiger partial charge is 0.478 e. The Kier molecular flexibility index (Phi) is 3.44. The lowest BCUT2D eigenvalue weighted by molar-refractivity contribution is 0.0696. The van der Waals surface area contributed by atoms with E-state index in [4.69, 9.17) is 45.0 Å². The van der Waals surface area contributed by atoms with Gasteiger partial charge in [-0.1, -0.05) is 34.8 Å². The molecular formula is C8H3Cl3O4. The Hall–Kier alpha value is -0.970. The summed E-state index contributed by atoms with van der Waals surface area (Å²) in [5.41, 5.74) is -0.799. The zero-order chi connectivity index (χ0) is 11.7. The lowest BCUT2D eigenvalue weighted by Gasteiger charge is -2.06. The molecule has 15 heavy (non-hydrogen) atoms. The van der Waals surface area contributed by atoms with Crippen molar-refractivity contribution in [1.29, 1.82) is 0 Å². The van der Waals surface area contributed by atoms with Crippen LogP contribution in [0, 0.1) is 0 Å². The molecule has 0 amide bonds. The molecule has 1 aromatic carbocycles. The molecule has 80 valence electrons. The second-order valence-electron chi connectivity index (χ2n) is 2.52. The summed E-state index contributed by atoms with van der Waals surface area (Å²) in [4.78, 5) is 21.4. The van der Waals surface area contributed by atoms with Crippen LogP contribution in [-0.2, 0) is 0 Å². The number of hydrogen-bond donors (Lipinski definition) is 2. The maximum Gasteiger partial charge on any atom is 0.337 e. The number of benzene rings is 1. The number of hydrogen-bond acceptors (Lipinski definition) is 2. The van der Waals surface area contributed by atoms with Crippen LogP contribution >= 0.6 is 34.8 Å². The first-order valence-electron chi connectivity index (χ1n) is 3.50. The van der Waals surface area contributed by atoms with Gasteiger partial charge in [0.25, 0.3) is 0 Å². The van der Waals surface area contributed by atoms with Gasteiger partial charge in [-0.05, 0) is 6.07 Å².